The first-order valence-corrected chi connectivity index (χ1v) is 9.97. The van der Waals surface area contributed by atoms with Crippen molar-refractivity contribution in [2.75, 3.05) is 31.5 Å². The minimum absolute atomic E-state index is 0.112. The van der Waals surface area contributed by atoms with E-state index in [1.807, 2.05) is 0 Å². The fourth-order valence-electron chi connectivity index (χ4n) is 3.42. The van der Waals surface area contributed by atoms with Gasteiger partial charge in [0.1, 0.15) is 17.4 Å². The van der Waals surface area contributed by atoms with Gasteiger partial charge >= 0.3 is 0 Å². The molecule has 1 aliphatic heterocycles. The maximum Gasteiger partial charge on any atom is 0.289 e. The lowest BCUT2D eigenvalue weighted by atomic mass is 10.1. The largest absolute Gasteiger partial charge is 0.451 e. The average Bonchev–Trinajstić information content (AvgIpc) is 3.08. The fraction of sp³-hybridized carbons (Fsp3) is 0.217. The molecule has 8 heteroatoms. The van der Waals surface area contributed by atoms with Gasteiger partial charge in [-0.15, -0.1) is 0 Å². The van der Waals surface area contributed by atoms with Crippen LogP contribution in [0.25, 0.3) is 11.3 Å². The Bertz CT molecular complexity index is 1070. The highest BCUT2D eigenvalue weighted by atomic mass is 19.1. The van der Waals surface area contributed by atoms with Crippen LogP contribution < -0.4 is 10.6 Å². The van der Waals surface area contributed by atoms with Crippen LogP contribution in [0.1, 0.15) is 27.3 Å². The molecule has 0 atom stereocenters. The second-order valence-corrected chi connectivity index (χ2v) is 7.25. The first kappa shape index (κ1) is 20.7. The summed E-state index contributed by atoms with van der Waals surface area (Å²) in [5.74, 6) is -1.59. The molecule has 1 aromatic heterocycles. The molecule has 0 bridgehead atoms. The van der Waals surface area contributed by atoms with Crippen LogP contribution in [0.3, 0.4) is 0 Å². The molecule has 0 saturated carbocycles. The summed E-state index contributed by atoms with van der Waals surface area (Å²) >= 11 is 0. The Morgan fingerprint density at radius 1 is 0.935 bits per heavy atom. The number of amides is 2. The molecule has 2 N–H and O–H groups in total. The van der Waals surface area contributed by atoms with E-state index in [1.54, 1.807) is 41.3 Å². The average molecular weight is 425 g/mol. The Kier molecular flexibility index (Phi) is 6.08. The van der Waals surface area contributed by atoms with E-state index in [1.165, 1.54) is 0 Å². The van der Waals surface area contributed by atoms with Gasteiger partial charge in [0, 0.05) is 42.5 Å². The standard InChI is InChI=1S/C23H21F2N3O3/c24-17-12-16(13-18(25)14-17)22(29)27-19-4-2-15(3-5-19)20-6-7-21(31-20)23(30)28-10-1-8-26-9-11-28/h2-7,12-14,26H,1,8-11H2,(H,27,29). The predicted octanol–water partition coefficient (Wildman–Crippen LogP) is 3.91. The zero-order valence-electron chi connectivity index (χ0n) is 16.7. The number of nitrogens with zero attached hydrogens (tertiary/aromatic N) is 1. The highest BCUT2D eigenvalue weighted by Crippen LogP contribution is 2.25. The lowest BCUT2D eigenvalue weighted by Crippen LogP contribution is -2.33. The lowest BCUT2D eigenvalue weighted by Gasteiger charge is -2.18. The Hall–Kier alpha value is -3.52. The van der Waals surface area contributed by atoms with Crippen LogP contribution in [0.2, 0.25) is 0 Å². The number of benzene rings is 2. The van der Waals surface area contributed by atoms with Crippen molar-refractivity contribution in [3.05, 3.63) is 77.6 Å². The van der Waals surface area contributed by atoms with E-state index in [2.05, 4.69) is 10.6 Å². The van der Waals surface area contributed by atoms with Gasteiger partial charge in [0.05, 0.1) is 0 Å². The first-order valence-electron chi connectivity index (χ1n) is 9.97. The first-order chi connectivity index (χ1) is 15.0. The highest BCUT2D eigenvalue weighted by molar-refractivity contribution is 6.04. The maximum atomic E-state index is 13.3. The zero-order valence-corrected chi connectivity index (χ0v) is 16.7. The summed E-state index contributed by atoms with van der Waals surface area (Å²) in [6.07, 6.45) is 0.898. The molecule has 31 heavy (non-hydrogen) atoms. The molecule has 1 aliphatic rings. The SMILES string of the molecule is O=C(Nc1ccc(-c2ccc(C(=O)N3CCCNCC3)o2)cc1)c1cc(F)cc(F)c1. The van der Waals surface area contributed by atoms with Gasteiger partial charge < -0.3 is 20.0 Å². The van der Waals surface area contributed by atoms with Gasteiger partial charge in [0.15, 0.2) is 5.76 Å². The summed E-state index contributed by atoms with van der Waals surface area (Å²) in [7, 11) is 0. The molecule has 1 fully saturated rings. The molecule has 3 aromatic rings. The topological polar surface area (TPSA) is 74.6 Å². The summed E-state index contributed by atoms with van der Waals surface area (Å²) in [4.78, 5) is 26.6. The third-order valence-electron chi connectivity index (χ3n) is 5.00. The number of hydrogen-bond donors (Lipinski definition) is 2. The van der Waals surface area contributed by atoms with Crippen molar-refractivity contribution in [2.45, 2.75) is 6.42 Å². The quantitative estimate of drug-likeness (QED) is 0.665. The second kappa shape index (κ2) is 9.09. The number of carbonyl (C=O) groups is 2. The van der Waals surface area contributed by atoms with Crippen molar-refractivity contribution >= 4 is 17.5 Å². The van der Waals surface area contributed by atoms with E-state index < -0.39 is 17.5 Å². The van der Waals surface area contributed by atoms with Crippen LogP contribution >= 0.6 is 0 Å². The Morgan fingerprint density at radius 3 is 2.42 bits per heavy atom. The van der Waals surface area contributed by atoms with Gasteiger partial charge in [-0.2, -0.15) is 0 Å². The smallest absolute Gasteiger partial charge is 0.289 e. The summed E-state index contributed by atoms with van der Waals surface area (Å²) in [5.41, 5.74) is 1.07. The number of anilines is 1. The summed E-state index contributed by atoms with van der Waals surface area (Å²) in [6, 6.07) is 12.8. The van der Waals surface area contributed by atoms with Crippen molar-refractivity contribution < 1.29 is 22.8 Å². The fourth-order valence-corrected chi connectivity index (χ4v) is 3.42. The third-order valence-corrected chi connectivity index (χ3v) is 5.00. The number of nitrogens with one attached hydrogen (secondary N) is 2. The molecule has 160 valence electrons. The highest BCUT2D eigenvalue weighted by Gasteiger charge is 2.20. The van der Waals surface area contributed by atoms with Gasteiger partial charge in [0.25, 0.3) is 11.8 Å². The van der Waals surface area contributed by atoms with Crippen LogP contribution in [0.5, 0.6) is 0 Å². The molecule has 0 unspecified atom stereocenters. The molecular formula is C23H21F2N3O3. The van der Waals surface area contributed by atoms with Crippen molar-refractivity contribution in [1.29, 1.82) is 0 Å². The second-order valence-electron chi connectivity index (χ2n) is 7.25. The van der Waals surface area contributed by atoms with Gasteiger partial charge in [-0.25, -0.2) is 8.78 Å². The third kappa shape index (κ3) is 4.97. The van der Waals surface area contributed by atoms with E-state index >= 15 is 0 Å². The van der Waals surface area contributed by atoms with Gasteiger partial charge in [-0.05, 0) is 61.5 Å². The number of halogens is 2. The van der Waals surface area contributed by atoms with Gasteiger partial charge in [-0.1, -0.05) is 0 Å². The van der Waals surface area contributed by atoms with Crippen LogP contribution in [0, 0.1) is 11.6 Å². The minimum atomic E-state index is -0.819. The van der Waals surface area contributed by atoms with Crippen molar-refractivity contribution in [2.24, 2.45) is 0 Å². The van der Waals surface area contributed by atoms with Crippen molar-refractivity contribution in [1.82, 2.24) is 10.2 Å². The van der Waals surface area contributed by atoms with Crippen LogP contribution in [0.15, 0.2) is 59.0 Å². The van der Waals surface area contributed by atoms with E-state index in [4.69, 9.17) is 4.42 Å². The predicted molar refractivity (Wildman–Crippen MR) is 112 cm³/mol. The molecule has 1 saturated heterocycles. The lowest BCUT2D eigenvalue weighted by molar-refractivity contribution is 0.0735. The number of carbonyl (C=O) groups excluding carboxylic acids is 2. The van der Waals surface area contributed by atoms with Crippen LogP contribution in [-0.4, -0.2) is 42.9 Å². The summed E-state index contributed by atoms with van der Waals surface area (Å²) in [5, 5.41) is 5.85. The molecule has 2 amide bonds. The Balaban J connectivity index is 1.43. The van der Waals surface area contributed by atoms with E-state index in [0.29, 0.717) is 30.6 Å². The van der Waals surface area contributed by atoms with Gasteiger partial charge in [-0.3, -0.25) is 9.59 Å². The van der Waals surface area contributed by atoms with Crippen LogP contribution in [-0.2, 0) is 0 Å². The molecule has 0 spiro atoms. The summed E-state index contributed by atoms with van der Waals surface area (Å²) < 4.78 is 32.4. The molecular weight excluding hydrogens is 404 g/mol. The minimum Gasteiger partial charge on any atom is -0.451 e. The molecule has 0 aliphatic carbocycles. The normalized spacial score (nSPS) is 14.2. The molecule has 2 heterocycles. The molecule has 4 rings (SSSR count). The van der Waals surface area contributed by atoms with E-state index in [-0.39, 0.29) is 17.2 Å². The van der Waals surface area contributed by atoms with E-state index in [9.17, 15) is 18.4 Å². The van der Waals surface area contributed by atoms with Crippen molar-refractivity contribution in [3.8, 4) is 11.3 Å². The number of hydrogen-bond acceptors (Lipinski definition) is 4. The zero-order chi connectivity index (χ0) is 21.8. The van der Waals surface area contributed by atoms with Crippen LogP contribution in [0.4, 0.5) is 14.5 Å². The number of furan rings is 1. The monoisotopic (exact) mass is 425 g/mol. The molecule has 6 nitrogen and oxygen atoms in total. The van der Waals surface area contributed by atoms with E-state index in [0.717, 1.165) is 37.2 Å². The van der Waals surface area contributed by atoms with Gasteiger partial charge in [0.2, 0.25) is 0 Å². The molecule has 2 aromatic carbocycles. The Morgan fingerprint density at radius 2 is 1.68 bits per heavy atom. The Labute approximate surface area is 177 Å². The maximum absolute atomic E-state index is 13.3. The number of rotatable bonds is 4. The van der Waals surface area contributed by atoms with Crippen molar-refractivity contribution in [3.63, 3.8) is 0 Å². The molecule has 0 radical (unpaired) electrons. The summed E-state index contributed by atoms with van der Waals surface area (Å²) in [6.45, 7) is 2.98.